The molecule has 1 aliphatic heterocycles. The SMILES string of the molecule is COc1ccc2c(c1)OCCN(C(C)c1nnnn1-c1ccccc1)C2. The van der Waals surface area contributed by atoms with Gasteiger partial charge < -0.3 is 9.47 Å². The molecule has 4 rings (SSSR count). The number of rotatable bonds is 4. The Morgan fingerprint density at radius 3 is 2.81 bits per heavy atom. The molecule has 26 heavy (non-hydrogen) atoms. The van der Waals surface area contributed by atoms with E-state index in [1.165, 1.54) is 0 Å². The van der Waals surface area contributed by atoms with Gasteiger partial charge in [-0.2, -0.15) is 4.68 Å². The molecule has 0 aliphatic carbocycles. The fourth-order valence-corrected chi connectivity index (χ4v) is 3.20. The molecule has 0 amide bonds. The number of hydrogen-bond acceptors (Lipinski definition) is 6. The van der Waals surface area contributed by atoms with Crippen LogP contribution in [-0.2, 0) is 6.54 Å². The summed E-state index contributed by atoms with van der Waals surface area (Å²) in [6.07, 6.45) is 0. The van der Waals surface area contributed by atoms with Crippen molar-refractivity contribution >= 4 is 0 Å². The Bertz CT molecular complexity index is 881. The zero-order chi connectivity index (χ0) is 17.9. The molecular formula is C19H21N5O2. The molecule has 0 spiro atoms. The Hall–Kier alpha value is -2.93. The number of tetrazole rings is 1. The van der Waals surface area contributed by atoms with Crippen LogP contribution >= 0.6 is 0 Å². The molecule has 7 heteroatoms. The van der Waals surface area contributed by atoms with Gasteiger partial charge >= 0.3 is 0 Å². The smallest absolute Gasteiger partial charge is 0.173 e. The second-order valence-electron chi connectivity index (χ2n) is 6.25. The molecule has 134 valence electrons. The van der Waals surface area contributed by atoms with Gasteiger partial charge in [-0.15, -0.1) is 5.10 Å². The maximum atomic E-state index is 5.92. The Balaban J connectivity index is 1.61. The lowest BCUT2D eigenvalue weighted by molar-refractivity contribution is 0.172. The fraction of sp³-hybridized carbons (Fsp3) is 0.316. The average molecular weight is 351 g/mol. The summed E-state index contributed by atoms with van der Waals surface area (Å²) in [6.45, 7) is 4.29. The number of benzene rings is 2. The molecule has 0 bridgehead atoms. The van der Waals surface area contributed by atoms with Gasteiger partial charge in [0.2, 0.25) is 0 Å². The third-order valence-corrected chi connectivity index (χ3v) is 4.70. The summed E-state index contributed by atoms with van der Waals surface area (Å²) in [6, 6.07) is 15.9. The summed E-state index contributed by atoms with van der Waals surface area (Å²) in [4.78, 5) is 2.32. The molecule has 2 heterocycles. The van der Waals surface area contributed by atoms with Crippen molar-refractivity contribution in [3.05, 3.63) is 59.9 Å². The van der Waals surface area contributed by atoms with Crippen LogP contribution in [0.3, 0.4) is 0 Å². The molecule has 0 saturated heterocycles. The Morgan fingerprint density at radius 2 is 2.00 bits per heavy atom. The standard InChI is InChI=1S/C19H21N5O2/c1-14(19-20-21-22-24(19)16-6-4-3-5-7-16)23-10-11-26-18-12-17(25-2)9-8-15(18)13-23/h3-9,12,14H,10-11,13H2,1-2H3. The Labute approximate surface area is 152 Å². The first-order chi connectivity index (χ1) is 12.8. The number of ether oxygens (including phenoxy) is 2. The molecule has 7 nitrogen and oxygen atoms in total. The number of fused-ring (bicyclic) bond motifs is 1. The lowest BCUT2D eigenvalue weighted by Gasteiger charge is -2.26. The maximum absolute atomic E-state index is 5.92. The zero-order valence-electron chi connectivity index (χ0n) is 14.9. The van der Waals surface area contributed by atoms with Gasteiger partial charge in [-0.3, -0.25) is 4.90 Å². The lowest BCUT2D eigenvalue weighted by Crippen LogP contribution is -2.30. The van der Waals surface area contributed by atoms with Crippen LogP contribution in [0.5, 0.6) is 11.5 Å². The summed E-state index contributed by atoms with van der Waals surface area (Å²) in [5.41, 5.74) is 2.09. The van der Waals surface area contributed by atoms with Crippen molar-refractivity contribution in [1.29, 1.82) is 0 Å². The summed E-state index contributed by atoms with van der Waals surface area (Å²) < 4.78 is 13.0. The number of hydrogen-bond donors (Lipinski definition) is 0. The van der Waals surface area contributed by atoms with Gasteiger partial charge in [-0.05, 0) is 35.5 Å². The number of aromatic nitrogens is 4. The van der Waals surface area contributed by atoms with Crippen LogP contribution in [-0.4, -0.2) is 45.4 Å². The van der Waals surface area contributed by atoms with Crippen LogP contribution in [0.1, 0.15) is 24.4 Å². The van der Waals surface area contributed by atoms with Gasteiger partial charge in [0.15, 0.2) is 5.82 Å². The predicted molar refractivity (Wildman–Crippen MR) is 96.5 cm³/mol. The molecule has 1 atom stereocenters. The highest BCUT2D eigenvalue weighted by Gasteiger charge is 2.25. The second-order valence-corrected chi connectivity index (χ2v) is 6.25. The van der Waals surface area contributed by atoms with E-state index in [2.05, 4.69) is 33.4 Å². The van der Waals surface area contributed by atoms with Gasteiger partial charge in [-0.25, -0.2) is 0 Å². The molecule has 0 saturated carbocycles. The average Bonchev–Trinajstić information content (AvgIpc) is 3.08. The van der Waals surface area contributed by atoms with Crippen molar-refractivity contribution < 1.29 is 9.47 Å². The van der Waals surface area contributed by atoms with E-state index in [0.717, 1.165) is 41.7 Å². The van der Waals surface area contributed by atoms with Gasteiger partial charge in [0.05, 0.1) is 18.8 Å². The van der Waals surface area contributed by atoms with Gasteiger partial charge in [0.1, 0.15) is 18.1 Å². The predicted octanol–water partition coefficient (Wildman–Crippen LogP) is 2.63. The molecule has 1 aliphatic rings. The minimum atomic E-state index is 0.0434. The highest BCUT2D eigenvalue weighted by molar-refractivity contribution is 5.41. The second kappa shape index (κ2) is 7.13. The minimum absolute atomic E-state index is 0.0434. The van der Waals surface area contributed by atoms with Crippen LogP contribution in [0.4, 0.5) is 0 Å². The zero-order valence-corrected chi connectivity index (χ0v) is 14.9. The molecule has 3 aromatic rings. The first-order valence-corrected chi connectivity index (χ1v) is 8.63. The van der Waals surface area contributed by atoms with E-state index in [-0.39, 0.29) is 6.04 Å². The van der Waals surface area contributed by atoms with Crippen molar-refractivity contribution in [3.8, 4) is 17.2 Å². The van der Waals surface area contributed by atoms with Crippen molar-refractivity contribution in [2.45, 2.75) is 19.5 Å². The highest BCUT2D eigenvalue weighted by atomic mass is 16.5. The Morgan fingerprint density at radius 1 is 1.15 bits per heavy atom. The summed E-state index contributed by atoms with van der Waals surface area (Å²) in [5.74, 6) is 2.49. The fourth-order valence-electron chi connectivity index (χ4n) is 3.20. The third-order valence-electron chi connectivity index (χ3n) is 4.70. The molecule has 1 aromatic heterocycles. The van der Waals surface area contributed by atoms with E-state index in [1.807, 2.05) is 42.5 Å². The van der Waals surface area contributed by atoms with Crippen LogP contribution in [0.15, 0.2) is 48.5 Å². The molecule has 0 N–H and O–H groups in total. The largest absolute Gasteiger partial charge is 0.497 e. The van der Waals surface area contributed by atoms with E-state index in [1.54, 1.807) is 11.8 Å². The van der Waals surface area contributed by atoms with Crippen LogP contribution < -0.4 is 9.47 Å². The van der Waals surface area contributed by atoms with E-state index in [0.29, 0.717) is 6.61 Å². The van der Waals surface area contributed by atoms with Gasteiger partial charge in [-0.1, -0.05) is 24.3 Å². The first kappa shape index (κ1) is 16.5. The van der Waals surface area contributed by atoms with E-state index < -0.39 is 0 Å². The number of nitrogens with zero attached hydrogens (tertiary/aromatic N) is 5. The number of para-hydroxylation sites is 1. The van der Waals surface area contributed by atoms with Crippen molar-refractivity contribution in [3.63, 3.8) is 0 Å². The first-order valence-electron chi connectivity index (χ1n) is 8.63. The molecule has 0 fully saturated rings. The van der Waals surface area contributed by atoms with Crippen LogP contribution in [0.25, 0.3) is 5.69 Å². The molecular weight excluding hydrogens is 330 g/mol. The molecule has 2 aromatic carbocycles. The van der Waals surface area contributed by atoms with E-state index in [9.17, 15) is 0 Å². The summed E-state index contributed by atoms with van der Waals surface area (Å²) >= 11 is 0. The lowest BCUT2D eigenvalue weighted by atomic mass is 10.1. The number of methoxy groups -OCH3 is 1. The van der Waals surface area contributed by atoms with E-state index in [4.69, 9.17) is 9.47 Å². The van der Waals surface area contributed by atoms with Crippen molar-refractivity contribution in [1.82, 2.24) is 25.1 Å². The van der Waals surface area contributed by atoms with Crippen molar-refractivity contribution in [2.24, 2.45) is 0 Å². The van der Waals surface area contributed by atoms with Gasteiger partial charge in [0, 0.05) is 24.7 Å². The normalized spacial score (nSPS) is 15.6. The summed E-state index contributed by atoms with van der Waals surface area (Å²) in [7, 11) is 1.66. The maximum Gasteiger partial charge on any atom is 0.173 e. The monoisotopic (exact) mass is 351 g/mol. The van der Waals surface area contributed by atoms with Gasteiger partial charge in [0.25, 0.3) is 0 Å². The van der Waals surface area contributed by atoms with Crippen LogP contribution in [0.2, 0.25) is 0 Å². The summed E-state index contributed by atoms with van der Waals surface area (Å²) in [5, 5.41) is 12.3. The van der Waals surface area contributed by atoms with Crippen molar-refractivity contribution in [2.75, 3.05) is 20.3 Å². The Kier molecular flexibility index (Phi) is 4.53. The quantitative estimate of drug-likeness (QED) is 0.720. The molecule has 1 unspecified atom stereocenters. The topological polar surface area (TPSA) is 65.3 Å². The molecule has 0 radical (unpaired) electrons. The van der Waals surface area contributed by atoms with Crippen LogP contribution in [0, 0.1) is 0 Å². The minimum Gasteiger partial charge on any atom is -0.497 e. The third kappa shape index (κ3) is 3.13. The highest BCUT2D eigenvalue weighted by Crippen LogP contribution is 2.31. The van der Waals surface area contributed by atoms with E-state index >= 15 is 0 Å².